The number of benzene rings is 1. The highest BCUT2D eigenvalue weighted by Crippen LogP contribution is 2.17. The van der Waals surface area contributed by atoms with Gasteiger partial charge in [0.1, 0.15) is 0 Å². The number of nitrogens with one attached hydrogen (secondary N) is 2. The second kappa shape index (κ2) is 10.7. The van der Waals surface area contributed by atoms with Crippen molar-refractivity contribution >= 4 is 52.5 Å². The lowest BCUT2D eigenvalue weighted by Gasteiger charge is -2.08. The smallest absolute Gasteiger partial charge is 0.252 e. The summed E-state index contributed by atoms with van der Waals surface area (Å²) in [5.74, 6) is -0.101. The van der Waals surface area contributed by atoms with Crippen molar-refractivity contribution in [3.05, 3.63) is 32.4 Å². The number of hydrogen-bond donors (Lipinski definition) is 2. The Morgan fingerprint density at radius 3 is 2.79 bits per heavy atom. The molecule has 0 saturated heterocycles. The van der Waals surface area contributed by atoms with Gasteiger partial charge in [-0.15, -0.1) is 12.4 Å². The van der Waals surface area contributed by atoms with Crippen LogP contribution in [-0.2, 0) is 4.74 Å². The lowest BCUT2D eigenvalue weighted by atomic mass is 10.2. The van der Waals surface area contributed by atoms with Crippen molar-refractivity contribution in [2.45, 2.75) is 0 Å². The van der Waals surface area contributed by atoms with Gasteiger partial charge in [-0.05, 0) is 40.8 Å². The first kappa shape index (κ1) is 18.9. The molecular formula is C12H17Cl2IN2O2. The Morgan fingerprint density at radius 2 is 2.11 bits per heavy atom. The van der Waals surface area contributed by atoms with Gasteiger partial charge in [0.05, 0.1) is 12.2 Å². The van der Waals surface area contributed by atoms with Crippen molar-refractivity contribution in [3.8, 4) is 0 Å². The first-order valence-electron chi connectivity index (χ1n) is 5.58. The number of hydrogen-bond acceptors (Lipinski definition) is 3. The molecule has 1 aromatic carbocycles. The molecule has 108 valence electrons. The van der Waals surface area contributed by atoms with E-state index in [1.165, 1.54) is 0 Å². The van der Waals surface area contributed by atoms with Gasteiger partial charge in [0.25, 0.3) is 5.91 Å². The number of rotatable bonds is 7. The molecule has 0 heterocycles. The van der Waals surface area contributed by atoms with Crippen molar-refractivity contribution < 1.29 is 9.53 Å². The molecular weight excluding hydrogens is 402 g/mol. The molecule has 0 radical (unpaired) electrons. The molecule has 0 aliphatic carbocycles. The van der Waals surface area contributed by atoms with Crippen LogP contribution in [0.25, 0.3) is 0 Å². The molecule has 1 amide bonds. The molecule has 7 heteroatoms. The van der Waals surface area contributed by atoms with Crippen LogP contribution in [0.4, 0.5) is 0 Å². The van der Waals surface area contributed by atoms with Gasteiger partial charge in [-0.25, -0.2) is 0 Å². The molecule has 0 bridgehead atoms. The zero-order valence-electron chi connectivity index (χ0n) is 10.5. The van der Waals surface area contributed by atoms with Gasteiger partial charge in [-0.2, -0.15) is 0 Å². The van der Waals surface area contributed by atoms with Crippen LogP contribution in [0.5, 0.6) is 0 Å². The monoisotopic (exact) mass is 418 g/mol. The van der Waals surface area contributed by atoms with Crippen LogP contribution < -0.4 is 10.6 Å². The number of methoxy groups -OCH3 is 1. The number of ether oxygens (including phenoxy) is 1. The van der Waals surface area contributed by atoms with E-state index in [1.54, 1.807) is 19.2 Å². The Hall–Kier alpha value is -0.0800. The summed E-state index contributed by atoms with van der Waals surface area (Å²) in [7, 11) is 1.66. The highest BCUT2D eigenvalue weighted by molar-refractivity contribution is 14.1. The first-order chi connectivity index (χ1) is 8.65. The summed E-state index contributed by atoms with van der Waals surface area (Å²) in [5, 5.41) is 6.56. The molecule has 2 N–H and O–H groups in total. The summed E-state index contributed by atoms with van der Waals surface area (Å²) in [5.41, 5.74) is 0.611. The molecule has 4 nitrogen and oxygen atoms in total. The molecule has 0 aliphatic heterocycles. The Kier molecular flexibility index (Phi) is 10.6. The molecule has 0 spiro atoms. The quantitative estimate of drug-likeness (QED) is 0.527. The zero-order valence-corrected chi connectivity index (χ0v) is 14.3. The first-order valence-corrected chi connectivity index (χ1v) is 7.03. The van der Waals surface area contributed by atoms with Crippen LogP contribution in [-0.4, -0.2) is 39.3 Å². The highest BCUT2D eigenvalue weighted by atomic mass is 127. The van der Waals surface area contributed by atoms with E-state index in [-0.39, 0.29) is 18.3 Å². The second-order valence-electron chi connectivity index (χ2n) is 3.62. The molecule has 0 unspecified atom stereocenters. The van der Waals surface area contributed by atoms with Crippen molar-refractivity contribution in [2.75, 3.05) is 33.4 Å². The molecule has 0 aromatic heterocycles. The topological polar surface area (TPSA) is 50.4 Å². The Morgan fingerprint density at radius 1 is 1.37 bits per heavy atom. The van der Waals surface area contributed by atoms with Crippen molar-refractivity contribution in [3.63, 3.8) is 0 Å². The van der Waals surface area contributed by atoms with E-state index in [1.807, 2.05) is 6.07 Å². The van der Waals surface area contributed by atoms with Gasteiger partial charge in [0, 0.05) is 35.3 Å². The molecule has 19 heavy (non-hydrogen) atoms. The van der Waals surface area contributed by atoms with Crippen LogP contribution in [0.3, 0.4) is 0 Å². The van der Waals surface area contributed by atoms with Crippen LogP contribution in [0.1, 0.15) is 10.4 Å². The third kappa shape index (κ3) is 7.31. The summed E-state index contributed by atoms with van der Waals surface area (Å²) < 4.78 is 5.79. The maximum Gasteiger partial charge on any atom is 0.252 e. The number of amides is 1. The minimum absolute atomic E-state index is 0. The molecule has 0 aliphatic rings. The maximum absolute atomic E-state index is 11.9. The lowest BCUT2D eigenvalue weighted by molar-refractivity contribution is 0.0953. The third-order valence-electron chi connectivity index (χ3n) is 2.24. The van der Waals surface area contributed by atoms with Crippen LogP contribution in [0.2, 0.25) is 5.02 Å². The van der Waals surface area contributed by atoms with Crippen LogP contribution in [0.15, 0.2) is 18.2 Å². The van der Waals surface area contributed by atoms with E-state index in [9.17, 15) is 4.79 Å². The number of halogens is 3. The van der Waals surface area contributed by atoms with E-state index in [0.29, 0.717) is 30.3 Å². The van der Waals surface area contributed by atoms with Gasteiger partial charge in [-0.1, -0.05) is 11.6 Å². The highest BCUT2D eigenvalue weighted by Gasteiger charge is 2.09. The van der Waals surface area contributed by atoms with E-state index in [4.69, 9.17) is 16.3 Å². The number of carbonyl (C=O) groups is 1. The summed E-state index contributed by atoms with van der Waals surface area (Å²) in [6, 6.07) is 5.28. The summed E-state index contributed by atoms with van der Waals surface area (Å²) in [4.78, 5) is 11.9. The van der Waals surface area contributed by atoms with Crippen LogP contribution in [0, 0.1) is 3.57 Å². The standard InChI is InChI=1S/C12H16ClIN2O2.ClH/c1-18-7-6-15-4-5-16-12(17)10-8-9(13)2-3-11(10)14;/h2-3,8,15H,4-7H2,1H3,(H,16,17);1H. The van der Waals surface area contributed by atoms with Crippen molar-refractivity contribution in [1.29, 1.82) is 0 Å². The van der Waals surface area contributed by atoms with Gasteiger partial charge in [0.2, 0.25) is 0 Å². The lowest BCUT2D eigenvalue weighted by Crippen LogP contribution is -2.33. The minimum Gasteiger partial charge on any atom is -0.383 e. The normalized spacial score (nSPS) is 9.84. The second-order valence-corrected chi connectivity index (χ2v) is 5.22. The van der Waals surface area contributed by atoms with Gasteiger partial charge >= 0.3 is 0 Å². The fourth-order valence-corrected chi connectivity index (χ4v) is 2.08. The average Bonchev–Trinajstić information content (AvgIpc) is 2.36. The van der Waals surface area contributed by atoms with Crippen LogP contribution >= 0.6 is 46.6 Å². The molecule has 0 fully saturated rings. The predicted molar refractivity (Wildman–Crippen MR) is 88.5 cm³/mol. The fraction of sp³-hybridized carbons (Fsp3) is 0.417. The van der Waals surface area contributed by atoms with Crippen molar-refractivity contribution in [2.24, 2.45) is 0 Å². The van der Waals surface area contributed by atoms with E-state index < -0.39 is 0 Å². The average molecular weight is 419 g/mol. The minimum atomic E-state index is -0.101. The number of carbonyl (C=O) groups excluding carboxylic acids is 1. The molecule has 1 aromatic rings. The summed E-state index contributed by atoms with van der Waals surface area (Å²) >= 11 is 7.99. The third-order valence-corrected chi connectivity index (χ3v) is 3.42. The predicted octanol–water partition coefficient (Wildman–Crippen LogP) is 2.33. The molecule has 0 atom stereocenters. The van der Waals surface area contributed by atoms with Gasteiger partial charge in [0.15, 0.2) is 0 Å². The SMILES string of the molecule is COCCNCCNC(=O)c1cc(Cl)ccc1I.Cl. The van der Waals surface area contributed by atoms with E-state index in [2.05, 4.69) is 33.2 Å². The fourth-order valence-electron chi connectivity index (χ4n) is 1.33. The Balaban J connectivity index is 0.00000324. The van der Waals surface area contributed by atoms with E-state index >= 15 is 0 Å². The largest absolute Gasteiger partial charge is 0.383 e. The van der Waals surface area contributed by atoms with Crippen molar-refractivity contribution in [1.82, 2.24) is 10.6 Å². The van der Waals surface area contributed by atoms with E-state index in [0.717, 1.165) is 10.1 Å². The summed E-state index contributed by atoms with van der Waals surface area (Å²) in [6.45, 7) is 2.73. The van der Waals surface area contributed by atoms with Gasteiger partial charge < -0.3 is 15.4 Å². The van der Waals surface area contributed by atoms with Gasteiger partial charge in [-0.3, -0.25) is 4.79 Å². The Bertz CT molecular complexity index is 405. The molecule has 0 saturated carbocycles. The summed E-state index contributed by atoms with van der Waals surface area (Å²) in [6.07, 6.45) is 0. The zero-order chi connectivity index (χ0) is 13.4. The molecule has 1 rings (SSSR count). The Labute approximate surface area is 138 Å². The maximum atomic E-state index is 11.9.